The van der Waals surface area contributed by atoms with Crippen LogP contribution in [0.2, 0.25) is 0 Å². The summed E-state index contributed by atoms with van der Waals surface area (Å²) in [4.78, 5) is 0. The maximum atomic E-state index is 6.17. The zero-order valence-corrected chi connectivity index (χ0v) is 8.17. The van der Waals surface area contributed by atoms with Crippen molar-refractivity contribution in [3.8, 4) is 0 Å². The van der Waals surface area contributed by atoms with E-state index >= 15 is 0 Å². The van der Waals surface area contributed by atoms with Gasteiger partial charge in [-0.25, -0.2) is 0 Å². The highest BCUT2D eigenvalue weighted by Gasteiger charge is 2.38. The first-order chi connectivity index (χ1) is 5.58. The van der Waals surface area contributed by atoms with Crippen LogP contribution in [0.1, 0.15) is 26.7 Å². The molecule has 0 bridgehead atoms. The van der Waals surface area contributed by atoms with Crippen molar-refractivity contribution < 1.29 is 9.47 Å². The molecule has 1 rings (SSSR count). The monoisotopic (exact) mass is 173 g/mol. The molecule has 0 saturated carbocycles. The lowest BCUT2D eigenvalue weighted by atomic mass is 9.87. The van der Waals surface area contributed by atoms with Crippen LogP contribution in [0.5, 0.6) is 0 Å². The van der Waals surface area contributed by atoms with E-state index in [0.717, 1.165) is 19.4 Å². The second-order valence-electron chi connectivity index (χ2n) is 3.75. The van der Waals surface area contributed by atoms with Crippen molar-refractivity contribution in [2.45, 2.75) is 44.4 Å². The van der Waals surface area contributed by atoms with E-state index in [9.17, 15) is 0 Å². The summed E-state index contributed by atoms with van der Waals surface area (Å²) >= 11 is 0. The van der Waals surface area contributed by atoms with Crippen molar-refractivity contribution in [2.75, 3.05) is 13.7 Å². The topological polar surface area (TPSA) is 44.5 Å². The summed E-state index contributed by atoms with van der Waals surface area (Å²) in [6.45, 7) is 4.86. The van der Waals surface area contributed by atoms with Crippen LogP contribution in [-0.2, 0) is 9.47 Å². The SMILES string of the molecule is COC(C)CC1(N)CCOC1C. The second kappa shape index (κ2) is 3.73. The van der Waals surface area contributed by atoms with Gasteiger partial charge in [-0.15, -0.1) is 0 Å². The van der Waals surface area contributed by atoms with Gasteiger partial charge < -0.3 is 15.2 Å². The highest BCUT2D eigenvalue weighted by Crippen LogP contribution is 2.28. The van der Waals surface area contributed by atoms with Gasteiger partial charge in [-0.3, -0.25) is 0 Å². The Morgan fingerprint density at radius 3 is 2.83 bits per heavy atom. The summed E-state index contributed by atoms with van der Waals surface area (Å²) < 4.78 is 10.6. The van der Waals surface area contributed by atoms with Gasteiger partial charge in [0.1, 0.15) is 0 Å². The zero-order valence-electron chi connectivity index (χ0n) is 8.17. The van der Waals surface area contributed by atoms with Crippen molar-refractivity contribution >= 4 is 0 Å². The van der Waals surface area contributed by atoms with E-state index in [0.29, 0.717) is 0 Å². The number of nitrogens with two attached hydrogens (primary N) is 1. The molecule has 1 heterocycles. The molecule has 0 aromatic heterocycles. The zero-order chi connectivity index (χ0) is 9.19. The summed E-state index contributed by atoms with van der Waals surface area (Å²) in [6.07, 6.45) is 2.21. The fraction of sp³-hybridized carbons (Fsp3) is 1.00. The Balaban J connectivity index is 2.47. The summed E-state index contributed by atoms with van der Waals surface area (Å²) in [5.74, 6) is 0. The molecule has 1 saturated heterocycles. The van der Waals surface area contributed by atoms with Gasteiger partial charge in [0.2, 0.25) is 0 Å². The average Bonchev–Trinajstić information content (AvgIpc) is 2.32. The molecule has 12 heavy (non-hydrogen) atoms. The van der Waals surface area contributed by atoms with Crippen LogP contribution in [0.25, 0.3) is 0 Å². The summed E-state index contributed by atoms with van der Waals surface area (Å²) in [7, 11) is 1.72. The van der Waals surface area contributed by atoms with E-state index in [1.54, 1.807) is 7.11 Å². The molecule has 3 nitrogen and oxygen atoms in total. The van der Waals surface area contributed by atoms with Gasteiger partial charge in [-0.05, 0) is 26.7 Å². The molecule has 3 unspecified atom stereocenters. The molecule has 1 aliphatic rings. The molecule has 0 aromatic carbocycles. The van der Waals surface area contributed by atoms with Gasteiger partial charge in [0.05, 0.1) is 12.2 Å². The van der Waals surface area contributed by atoms with Crippen molar-refractivity contribution in [1.82, 2.24) is 0 Å². The van der Waals surface area contributed by atoms with Gasteiger partial charge in [0, 0.05) is 19.3 Å². The first-order valence-corrected chi connectivity index (χ1v) is 4.52. The van der Waals surface area contributed by atoms with Crippen molar-refractivity contribution in [1.29, 1.82) is 0 Å². The van der Waals surface area contributed by atoms with E-state index in [1.165, 1.54) is 0 Å². The number of ether oxygens (including phenoxy) is 2. The van der Waals surface area contributed by atoms with Crippen LogP contribution < -0.4 is 5.73 Å². The summed E-state index contributed by atoms with van der Waals surface area (Å²) in [5.41, 5.74) is 6.00. The molecule has 0 amide bonds. The minimum Gasteiger partial charge on any atom is -0.382 e. The largest absolute Gasteiger partial charge is 0.382 e. The number of hydrogen-bond donors (Lipinski definition) is 1. The number of hydrogen-bond acceptors (Lipinski definition) is 3. The fourth-order valence-corrected chi connectivity index (χ4v) is 1.68. The van der Waals surface area contributed by atoms with Crippen LogP contribution in [-0.4, -0.2) is 31.5 Å². The van der Waals surface area contributed by atoms with Gasteiger partial charge >= 0.3 is 0 Å². The predicted octanol–water partition coefficient (Wildman–Crippen LogP) is 0.918. The Kier molecular flexibility index (Phi) is 3.09. The molecule has 1 aliphatic heterocycles. The van der Waals surface area contributed by atoms with Crippen LogP contribution in [0, 0.1) is 0 Å². The smallest absolute Gasteiger partial charge is 0.0728 e. The lowest BCUT2D eigenvalue weighted by Crippen LogP contribution is -2.48. The second-order valence-corrected chi connectivity index (χ2v) is 3.75. The van der Waals surface area contributed by atoms with E-state index < -0.39 is 0 Å². The molecule has 0 radical (unpaired) electrons. The Labute approximate surface area is 74.2 Å². The van der Waals surface area contributed by atoms with Crippen molar-refractivity contribution in [2.24, 2.45) is 5.73 Å². The minimum absolute atomic E-state index is 0.162. The molecular formula is C9H19NO2. The molecule has 0 spiro atoms. The van der Waals surface area contributed by atoms with E-state index in [4.69, 9.17) is 15.2 Å². The standard InChI is InChI=1S/C9H19NO2/c1-7(11-3)6-9(10)4-5-12-8(9)2/h7-8H,4-6,10H2,1-3H3. The van der Waals surface area contributed by atoms with E-state index in [-0.39, 0.29) is 17.7 Å². The highest BCUT2D eigenvalue weighted by atomic mass is 16.5. The molecule has 2 N–H and O–H groups in total. The number of rotatable bonds is 3. The maximum Gasteiger partial charge on any atom is 0.0728 e. The van der Waals surface area contributed by atoms with Crippen LogP contribution in [0.15, 0.2) is 0 Å². The maximum absolute atomic E-state index is 6.17. The fourth-order valence-electron chi connectivity index (χ4n) is 1.68. The average molecular weight is 173 g/mol. The molecule has 1 fully saturated rings. The van der Waals surface area contributed by atoms with E-state index in [2.05, 4.69) is 0 Å². The third kappa shape index (κ3) is 1.97. The molecular weight excluding hydrogens is 154 g/mol. The lowest BCUT2D eigenvalue weighted by molar-refractivity contribution is 0.0518. The van der Waals surface area contributed by atoms with Crippen LogP contribution >= 0.6 is 0 Å². The molecule has 3 heteroatoms. The summed E-state index contributed by atoms with van der Waals surface area (Å²) in [6, 6.07) is 0. The molecule has 72 valence electrons. The predicted molar refractivity (Wildman–Crippen MR) is 48.0 cm³/mol. The Morgan fingerprint density at radius 2 is 2.42 bits per heavy atom. The minimum atomic E-state index is -0.171. The van der Waals surface area contributed by atoms with Crippen molar-refractivity contribution in [3.05, 3.63) is 0 Å². The third-order valence-electron chi connectivity index (χ3n) is 2.81. The van der Waals surface area contributed by atoms with Gasteiger partial charge in [-0.2, -0.15) is 0 Å². The Bertz CT molecular complexity index is 151. The molecule has 3 atom stereocenters. The number of methoxy groups -OCH3 is 1. The summed E-state index contributed by atoms with van der Waals surface area (Å²) in [5, 5.41) is 0. The first-order valence-electron chi connectivity index (χ1n) is 4.52. The van der Waals surface area contributed by atoms with Crippen LogP contribution in [0.3, 0.4) is 0 Å². The quantitative estimate of drug-likeness (QED) is 0.690. The normalized spacial score (nSPS) is 38.5. The van der Waals surface area contributed by atoms with Gasteiger partial charge in [0.25, 0.3) is 0 Å². The van der Waals surface area contributed by atoms with Crippen LogP contribution in [0.4, 0.5) is 0 Å². The Hall–Kier alpha value is -0.120. The molecule has 0 aliphatic carbocycles. The highest BCUT2D eigenvalue weighted by molar-refractivity contribution is 4.95. The van der Waals surface area contributed by atoms with Gasteiger partial charge in [-0.1, -0.05) is 0 Å². The lowest BCUT2D eigenvalue weighted by Gasteiger charge is -2.29. The first kappa shape index (κ1) is 9.96. The molecule has 0 aromatic rings. The Morgan fingerprint density at radius 1 is 1.75 bits per heavy atom. The van der Waals surface area contributed by atoms with Gasteiger partial charge in [0.15, 0.2) is 0 Å². The third-order valence-corrected chi connectivity index (χ3v) is 2.81. The van der Waals surface area contributed by atoms with Crippen molar-refractivity contribution in [3.63, 3.8) is 0 Å². The van der Waals surface area contributed by atoms with E-state index in [1.807, 2.05) is 13.8 Å².